The Morgan fingerprint density at radius 1 is 1.36 bits per heavy atom. The molecule has 1 aromatic carbocycles. The third-order valence-electron chi connectivity index (χ3n) is 2.36. The zero-order chi connectivity index (χ0) is 7.84. The van der Waals surface area contributed by atoms with Gasteiger partial charge in [0.2, 0.25) is 0 Å². The van der Waals surface area contributed by atoms with E-state index >= 15 is 0 Å². The van der Waals surface area contributed by atoms with Gasteiger partial charge in [-0.1, -0.05) is 12.1 Å². The molecule has 0 nitrogen and oxygen atoms in total. The van der Waals surface area contributed by atoms with E-state index in [9.17, 15) is 0 Å². The van der Waals surface area contributed by atoms with Crippen LogP contribution in [0.25, 0.3) is 0 Å². The number of hydrogen-bond acceptors (Lipinski definition) is 0. The van der Waals surface area contributed by atoms with Crippen LogP contribution in [0, 0.1) is 19.9 Å². The number of hydrogen-bond donors (Lipinski definition) is 0. The van der Waals surface area contributed by atoms with Crippen LogP contribution in [0.5, 0.6) is 0 Å². The van der Waals surface area contributed by atoms with Crippen LogP contribution in [0.15, 0.2) is 12.1 Å². The molecule has 0 saturated heterocycles. The largest absolute Gasteiger partial charge is 0.0549 e. The van der Waals surface area contributed by atoms with E-state index in [-0.39, 0.29) is 0 Å². The maximum Gasteiger partial charge on any atom is -0.0149 e. The summed E-state index contributed by atoms with van der Waals surface area (Å²) in [4.78, 5) is 0. The third-order valence-corrected chi connectivity index (χ3v) is 2.36. The minimum Gasteiger partial charge on any atom is -0.0549 e. The monoisotopic (exact) mass is 145 g/mol. The lowest BCUT2D eigenvalue weighted by molar-refractivity contribution is 1.09. The van der Waals surface area contributed by atoms with Crippen molar-refractivity contribution in [3.8, 4) is 0 Å². The highest BCUT2D eigenvalue weighted by Gasteiger charge is 2.24. The van der Waals surface area contributed by atoms with Crippen LogP contribution in [0.3, 0.4) is 0 Å². The number of aryl methyl sites for hydroxylation is 2. The van der Waals surface area contributed by atoms with Crippen molar-refractivity contribution in [1.29, 1.82) is 0 Å². The minimum atomic E-state index is 0.878. The van der Waals surface area contributed by atoms with E-state index < -0.39 is 0 Å². The Labute approximate surface area is 68.3 Å². The van der Waals surface area contributed by atoms with Crippen molar-refractivity contribution < 1.29 is 0 Å². The lowest BCUT2D eigenvalue weighted by Crippen LogP contribution is -1.86. The molecule has 0 unspecified atom stereocenters. The molecular formula is C11H13. The first kappa shape index (κ1) is 6.90. The molecule has 1 aromatic rings. The molecule has 0 heterocycles. The van der Waals surface area contributed by atoms with E-state index in [2.05, 4.69) is 32.0 Å². The molecule has 11 heavy (non-hydrogen) atoms. The summed E-state index contributed by atoms with van der Waals surface area (Å²) in [6.45, 7) is 4.30. The Kier molecular flexibility index (Phi) is 1.49. The first-order chi connectivity index (χ1) is 5.27. The van der Waals surface area contributed by atoms with Crippen molar-refractivity contribution in [1.82, 2.24) is 0 Å². The third kappa shape index (κ3) is 1.30. The van der Waals surface area contributed by atoms with Gasteiger partial charge in [0.25, 0.3) is 0 Å². The van der Waals surface area contributed by atoms with Gasteiger partial charge >= 0.3 is 0 Å². The zero-order valence-corrected chi connectivity index (χ0v) is 7.15. The van der Waals surface area contributed by atoms with Gasteiger partial charge in [-0.2, -0.15) is 0 Å². The van der Waals surface area contributed by atoms with Crippen LogP contribution >= 0.6 is 0 Å². The molecule has 1 aliphatic rings. The van der Waals surface area contributed by atoms with E-state index in [1.807, 2.05) is 0 Å². The summed E-state index contributed by atoms with van der Waals surface area (Å²) in [6, 6.07) is 7.62. The van der Waals surface area contributed by atoms with E-state index in [1.165, 1.54) is 24.0 Å². The smallest absolute Gasteiger partial charge is 0.0149 e. The van der Waals surface area contributed by atoms with E-state index in [1.54, 1.807) is 5.56 Å². The van der Waals surface area contributed by atoms with Crippen LogP contribution in [0.1, 0.15) is 35.4 Å². The summed E-state index contributed by atoms with van der Waals surface area (Å²) in [6.07, 6.45) is 2.79. The molecule has 0 atom stereocenters. The SMILES string of the molecule is Cc1[c]cc(C)c(C2CC2)c1. The summed E-state index contributed by atoms with van der Waals surface area (Å²) in [5, 5.41) is 0. The lowest BCUT2D eigenvalue weighted by Gasteiger charge is -2.03. The minimum absolute atomic E-state index is 0.878. The fourth-order valence-corrected chi connectivity index (χ4v) is 1.53. The quantitative estimate of drug-likeness (QED) is 0.570. The molecule has 0 amide bonds. The van der Waals surface area contributed by atoms with Crippen molar-refractivity contribution in [3.63, 3.8) is 0 Å². The van der Waals surface area contributed by atoms with Gasteiger partial charge in [-0.15, -0.1) is 0 Å². The maximum absolute atomic E-state index is 3.22. The van der Waals surface area contributed by atoms with Gasteiger partial charge in [0.05, 0.1) is 0 Å². The second-order valence-electron chi connectivity index (χ2n) is 3.53. The molecule has 0 spiro atoms. The first-order valence-electron chi connectivity index (χ1n) is 4.26. The molecule has 1 radical (unpaired) electrons. The predicted molar refractivity (Wildman–Crippen MR) is 46.7 cm³/mol. The standard InChI is InChI=1S/C11H13/c1-8-3-4-9(2)11(7-8)10-5-6-10/h4,7,10H,5-6H2,1-2H3. The molecule has 57 valence electrons. The highest BCUT2D eigenvalue weighted by molar-refractivity contribution is 5.34. The summed E-state index contributed by atoms with van der Waals surface area (Å²) in [7, 11) is 0. The Morgan fingerprint density at radius 2 is 2.09 bits per heavy atom. The van der Waals surface area contributed by atoms with Crippen molar-refractivity contribution in [2.45, 2.75) is 32.6 Å². The van der Waals surface area contributed by atoms with E-state index in [0.29, 0.717) is 0 Å². The highest BCUT2D eigenvalue weighted by atomic mass is 14.3. The normalized spacial score (nSPS) is 16.9. The molecular weight excluding hydrogens is 132 g/mol. The summed E-state index contributed by atoms with van der Waals surface area (Å²) >= 11 is 0. The first-order valence-corrected chi connectivity index (χ1v) is 4.26. The lowest BCUT2D eigenvalue weighted by atomic mass is 10.0. The zero-order valence-electron chi connectivity index (χ0n) is 7.15. The second kappa shape index (κ2) is 2.37. The average molecular weight is 145 g/mol. The molecule has 0 aliphatic heterocycles. The topological polar surface area (TPSA) is 0 Å². The molecule has 0 aromatic heterocycles. The van der Waals surface area contributed by atoms with E-state index in [0.717, 1.165) is 5.92 Å². The van der Waals surface area contributed by atoms with Gasteiger partial charge in [-0.3, -0.25) is 0 Å². The van der Waals surface area contributed by atoms with Gasteiger partial charge in [0.1, 0.15) is 0 Å². The van der Waals surface area contributed by atoms with Crippen molar-refractivity contribution >= 4 is 0 Å². The molecule has 0 N–H and O–H groups in total. The Hall–Kier alpha value is -0.780. The fourth-order valence-electron chi connectivity index (χ4n) is 1.53. The van der Waals surface area contributed by atoms with Crippen LogP contribution in [-0.4, -0.2) is 0 Å². The average Bonchev–Trinajstić information content (AvgIpc) is 2.76. The van der Waals surface area contributed by atoms with Gasteiger partial charge in [0.15, 0.2) is 0 Å². The number of rotatable bonds is 1. The van der Waals surface area contributed by atoms with Gasteiger partial charge in [0, 0.05) is 0 Å². The molecule has 1 aliphatic carbocycles. The maximum atomic E-state index is 3.22. The van der Waals surface area contributed by atoms with Crippen LogP contribution < -0.4 is 0 Å². The van der Waals surface area contributed by atoms with Crippen LogP contribution in [0.2, 0.25) is 0 Å². The summed E-state index contributed by atoms with van der Waals surface area (Å²) in [5.74, 6) is 0.878. The number of benzene rings is 1. The van der Waals surface area contributed by atoms with E-state index in [4.69, 9.17) is 0 Å². The Morgan fingerprint density at radius 3 is 2.73 bits per heavy atom. The summed E-state index contributed by atoms with van der Waals surface area (Å²) < 4.78 is 0. The van der Waals surface area contributed by atoms with Crippen molar-refractivity contribution in [2.24, 2.45) is 0 Å². The molecule has 0 bridgehead atoms. The highest BCUT2D eigenvalue weighted by Crippen LogP contribution is 2.41. The Bertz CT molecular complexity index is 269. The van der Waals surface area contributed by atoms with Crippen molar-refractivity contribution in [3.05, 3.63) is 34.9 Å². The summed E-state index contributed by atoms with van der Waals surface area (Å²) in [5.41, 5.74) is 4.25. The predicted octanol–water partition coefficient (Wildman–Crippen LogP) is 2.98. The fraction of sp³-hybridized carbons (Fsp3) is 0.455. The molecule has 1 saturated carbocycles. The van der Waals surface area contributed by atoms with Crippen molar-refractivity contribution in [2.75, 3.05) is 0 Å². The molecule has 1 fully saturated rings. The Balaban J connectivity index is 2.42. The van der Waals surface area contributed by atoms with Crippen LogP contribution in [0.4, 0.5) is 0 Å². The second-order valence-corrected chi connectivity index (χ2v) is 3.53. The van der Waals surface area contributed by atoms with Gasteiger partial charge < -0.3 is 0 Å². The van der Waals surface area contributed by atoms with Gasteiger partial charge in [-0.05, 0) is 55.4 Å². The molecule has 0 heteroatoms. The van der Waals surface area contributed by atoms with Gasteiger partial charge in [-0.25, -0.2) is 0 Å². The van der Waals surface area contributed by atoms with Crippen LogP contribution in [-0.2, 0) is 0 Å². The molecule has 2 rings (SSSR count).